The van der Waals surface area contributed by atoms with E-state index >= 15 is 0 Å². The van der Waals surface area contributed by atoms with E-state index in [2.05, 4.69) is 0 Å². The molecule has 0 aromatic heterocycles. The van der Waals surface area contributed by atoms with Gasteiger partial charge in [-0.25, -0.2) is 13.2 Å². The van der Waals surface area contributed by atoms with Gasteiger partial charge >= 0.3 is 11.7 Å². The number of likely N-dealkylation sites (tertiary alicyclic amines) is 1. The van der Waals surface area contributed by atoms with Gasteiger partial charge in [0.2, 0.25) is 15.7 Å². The highest BCUT2D eigenvalue weighted by molar-refractivity contribution is 7.91. The van der Waals surface area contributed by atoms with Crippen molar-refractivity contribution in [2.45, 2.75) is 36.0 Å². The summed E-state index contributed by atoms with van der Waals surface area (Å²) in [5.41, 5.74) is 0.430. The number of rotatable bonds is 5. The number of carbonyl (C=O) groups is 2. The molecule has 2 rings (SSSR count). The molecular formula is C14H15F2NO5S. The zero-order valence-corrected chi connectivity index (χ0v) is 12.8. The third kappa shape index (κ3) is 3.66. The Bertz CT molecular complexity index is 702. The highest BCUT2D eigenvalue weighted by atomic mass is 32.2. The molecule has 1 fully saturated rings. The number of halogens is 2. The van der Waals surface area contributed by atoms with Gasteiger partial charge in [-0.05, 0) is 30.5 Å². The van der Waals surface area contributed by atoms with Crippen molar-refractivity contribution in [3.63, 3.8) is 0 Å². The first-order chi connectivity index (χ1) is 10.7. The average molecular weight is 347 g/mol. The molecule has 0 radical (unpaired) electrons. The molecule has 6 nitrogen and oxygen atoms in total. The second-order valence-electron chi connectivity index (χ2n) is 5.21. The average Bonchev–Trinajstić information content (AvgIpc) is 2.97. The maximum atomic E-state index is 12.4. The lowest BCUT2D eigenvalue weighted by molar-refractivity contribution is -0.148. The Morgan fingerprint density at radius 2 is 1.87 bits per heavy atom. The van der Waals surface area contributed by atoms with Gasteiger partial charge in [-0.3, -0.25) is 4.79 Å². The highest BCUT2D eigenvalue weighted by Gasteiger charge is 2.33. The third-order valence-electron chi connectivity index (χ3n) is 3.70. The Kier molecular flexibility index (Phi) is 4.98. The van der Waals surface area contributed by atoms with Crippen LogP contribution in [-0.2, 0) is 25.8 Å². The SMILES string of the molecule is O=C(O)[C@@H]1CCCN1C(=O)Cc1ccc(S(=O)(=O)C(F)F)cc1. The molecule has 1 aliphatic rings. The maximum Gasteiger partial charge on any atom is 0.341 e. The molecule has 0 bridgehead atoms. The number of carboxylic acids is 1. The fraction of sp³-hybridized carbons (Fsp3) is 0.429. The fourth-order valence-corrected chi connectivity index (χ4v) is 3.22. The van der Waals surface area contributed by atoms with Crippen LogP contribution in [0.15, 0.2) is 29.2 Å². The van der Waals surface area contributed by atoms with E-state index < -0.39 is 32.5 Å². The van der Waals surface area contributed by atoms with E-state index in [-0.39, 0.29) is 12.3 Å². The van der Waals surface area contributed by atoms with E-state index in [0.717, 1.165) is 12.1 Å². The van der Waals surface area contributed by atoms with Gasteiger partial charge in [-0.1, -0.05) is 12.1 Å². The van der Waals surface area contributed by atoms with E-state index in [1.54, 1.807) is 0 Å². The van der Waals surface area contributed by atoms with Gasteiger partial charge in [-0.15, -0.1) is 0 Å². The summed E-state index contributed by atoms with van der Waals surface area (Å²) in [5, 5.41) is 9.04. The Morgan fingerprint density at radius 1 is 1.26 bits per heavy atom. The summed E-state index contributed by atoms with van der Waals surface area (Å²) in [6, 6.07) is 3.74. The number of benzene rings is 1. The second-order valence-corrected chi connectivity index (χ2v) is 7.13. The molecule has 1 heterocycles. The topological polar surface area (TPSA) is 91.8 Å². The Balaban J connectivity index is 2.09. The van der Waals surface area contributed by atoms with Crippen LogP contribution >= 0.6 is 0 Å². The van der Waals surface area contributed by atoms with Crippen LogP contribution in [0.3, 0.4) is 0 Å². The molecule has 1 N–H and O–H groups in total. The molecular weight excluding hydrogens is 332 g/mol. The second kappa shape index (κ2) is 6.61. The first-order valence-electron chi connectivity index (χ1n) is 6.86. The molecule has 9 heteroatoms. The number of sulfone groups is 1. The van der Waals surface area contributed by atoms with Gasteiger partial charge < -0.3 is 10.0 Å². The van der Waals surface area contributed by atoms with Crippen LogP contribution < -0.4 is 0 Å². The standard InChI is InChI=1S/C14H15F2NO5S/c15-14(16)23(21,22)10-5-3-9(4-6-10)8-12(18)17-7-1-2-11(17)13(19)20/h3-6,11,14H,1-2,7-8H2,(H,19,20)/t11-/m0/s1. The molecule has 1 aromatic rings. The summed E-state index contributed by atoms with van der Waals surface area (Å²) < 4.78 is 47.5. The zero-order valence-electron chi connectivity index (χ0n) is 12.0. The predicted octanol–water partition coefficient (Wildman–Crippen LogP) is 1.30. The van der Waals surface area contributed by atoms with Crippen LogP contribution in [0.2, 0.25) is 0 Å². The van der Waals surface area contributed by atoms with Crippen LogP contribution in [0.4, 0.5) is 8.78 Å². The van der Waals surface area contributed by atoms with Crippen molar-refractivity contribution in [2.24, 2.45) is 0 Å². The summed E-state index contributed by atoms with van der Waals surface area (Å²) in [5.74, 6) is -4.95. The molecule has 1 aliphatic heterocycles. The first kappa shape index (κ1) is 17.3. The molecule has 1 atom stereocenters. The van der Waals surface area contributed by atoms with Gasteiger partial charge in [0.1, 0.15) is 6.04 Å². The van der Waals surface area contributed by atoms with E-state index in [9.17, 15) is 26.8 Å². The quantitative estimate of drug-likeness (QED) is 0.867. The van der Waals surface area contributed by atoms with Gasteiger partial charge in [-0.2, -0.15) is 8.78 Å². The number of nitrogens with zero attached hydrogens (tertiary/aromatic N) is 1. The molecule has 0 saturated carbocycles. The number of alkyl halides is 2. The van der Waals surface area contributed by atoms with Gasteiger partial charge in [0.05, 0.1) is 11.3 Å². The minimum absolute atomic E-state index is 0.112. The highest BCUT2D eigenvalue weighted by Crippen LogP contribution is 2.21. The first-order valence-corrected chi connectivity index (χ1v) is 8.41. The lowest BCUT2D eigenvalue weighted by atomic mass is 10.1. The van der Waals surface area contributed by atoms with E-state index in [1.807, 2.05) is 0 Å². The molecule has 126 valence electrons. The van der Waals surface area contributed by atoms with Crippen molar-refractivity contribution in [2.75, 3.05) is 6.54 Å². The summed E-state index contributed by atoms with van der Waals surface area (Å²) >= 11 is 0. The smallest absolute Gasteiger partial charge is 0.341 e. The van der Waals surface area contributed by atoms with Gasteiger partial charge in [0.15, 0.2) is 0 Å². The van der Waals surface area contributed by atoms with Gasteiger partial charge in [0.25, 0.3) is 0 Å². The van der Waals surface area contributed by atoms with Crippen LogP contribution in [0.1, 0.15) is 18.4 Å². The summed E-state index contributed by atoms with van der Waals surface area (Å²) in [6.45, 7) is 0.355. The Labute approximate surface area is 131 Å². The zero-order chi connectivity index (χ0) is 17.2. The normalized spacial score (nSPS) is 18.4. The van der Waals surface area contributed by atoms with Crippen LogP contribution in [0.5, 0.6) is 0 Å². The van der Waals surface area contributed by atoms with E-state index in [1.165, 1.54) is 17.0 Å². The van der Waals surface area contributed by atoms with Crippen molar-refractivity contribution in [3.8, 4) is 0 Å². The molecule has 0 unspecified atom stereocenters. The molecule has 1 amide bonds. The summed E-state index contributed by atoms with van der Waals surface area (Å²) in [4.78, 5) is 23.9. The number of amides is 1. The molecule has 1 aromatic carbocycles. The third-order valence-corrected chi connectivity index (χ3v) is 5.10. The monoisotopic (exact) mass is 347 g/mol. The molecule has 0 spiro atoms. The lowest BCUT2D eigenvalue weighted by Crippen LogP contribution is -2.41. The van der Waals surface area contributed by atoms with Gasteiger partial charge in [0, 0.05) is 6.54 Å². The van der Waals surface area contributed by atoms with Crippen molar-refractivity contribution in [1.29, 1.82) is 0 Å². The number of hydrogen-bond acceptors (Lipinski definition) is 4. The van der Waals surface area contributed by atoms with E-state index in [0.29, 0.717) is 24.9 Å². The minimum Gasteiger partial charge on any atom is -0.480 e. The number of hydrogen-bond donors (Lipinski definition) is 1. The maximum absolute atomic E-state index is 12.4. The van der Waals surface area contributed by atoms with Crippen LogP contribution in [0.25, 0.3) is 0 Å². The predicted molar refractivity (Wildman–Crippen MR) is 75.7 cm³/mol. The van der Waals surface area contributed by atoms with E-state index in [4.69, 9.17) is 5.11 Å². The van der Waals surface area contributed by atoms with Crippen molar-refractivity contribution in [3.05, 3.63) is 29.8 Å². The lowest BCUT2D eigenvalue weighted by Gasteiger charge is -2.21. The fourth-order valence-electron chi connectivity index (χ4n) is 2.50. The van der Waals surface area contributed by atoms with Crippen LogP contribution in [0, 0.1) is 0 Å². The van der Waals surface area contributed by atoms with Crippen molar-refractivity contribution >= 4 is 21.7 Å². The Morgan fingerprint density at radius 3 is 2.39 bits per heavy atom. The molecule has 0 aliphatic carbocycles. The summed E-state index contributed by atoms with van der Waals surface area (Å²) in [7, 11) is -4.66. The Hall–Kier alpha value is -2.03. The number of carboxylic acid groups (broad SMARTS) is 1. The number of aliphatic carboxylic acids is 1. The van der Waals surface area contributed by atoms with Crippen molar-refractivity contribution < 1.29 is 31.9 Å². The van der Waals surface area contributed by atoms with Crippen molar-refractivity contribution in [1.82, 2.24) is 4.90 Å². The number of carbonyl (C=O) groups excluding carboxylic acids is 1. The minimum atomic E-state index is -4.66. The molecule has 23 heavy (non-hydrogen) atoms. The molecule has 1 saturated heterocycles. The largest absolute Gasteiger partial charge is 0.480 e. The van der Waals surface area contributed by atoms with Crippen LogP contribution in [-0.4, -0.2) is 48.6 Å². The summed E-state index contributed by atoms with van der Waals surface area (Å²) in [6.07, 6.45) is 0.889.